The van der Waals surface area contributed by atoms with E-state index in [-0.39, 0.29) is 11.9 Å². The van der Waals surface area contributed by atoms with Crippen LogP contribution in [0.25, 0.3) is 0 Å². The Bertz CT molecular complexity index is 304. The zero-order valence-corrected chi connectivity index (χ0v) is 8.16. The van der Waals surface area contributed by atoms with Gasteiger partial charge in [-0.1, -0.05) is 0 Å². The molecule has 3 nitrogen and oxygen atoms in total. The van der Waals surface area contributed by atoms with E-state index in [4.69, 9.17) is 16.2 Å². The van der Waals surface area contributed by atoms with Crippen LogP contribution >= 0.6 is 0 Å². The van der Waals surface area contributed by atoms with E-state index in [0.29, 0.717) is 24.3 Å². The Morgan fingerprint density at radius 3 is 2.79 bits per heavy atom. The lowest BCUT2D eigenvalue weighted by Crippen LogP contribution is -2.16. The van der Waals surface area contributed by atoms with Gasteiger partial charge in [0.15, 0.2) is 0 Å². The number of halogens is 1. The molecule has 0 heterocycles. The van der Waals surface area contributed by atoms with Crippen LogP contribution in [0.4, 0.5) is 4.39 Å². The van der Waals surface area contributed by atoms with Crippen molar-refractivity contribution in [2.24, 2.45) is 11.5 Å². The molecule has 1 aromatic carbocycles. The Morgan fingerprint density at radius 1 is 1.50 bits per heavy atom. The van der Waals surface area contributed by atoms with Crippen molar-refractivity contribution in [3.8, 4) is 5.75 Å². The van der Waals surface area contributed by atoms with E-state index < -0.39 is 0 Å². The van der Waals surface area contributed by atoms with Crippen molar-refractivity contribution >= 4 is 0 Å². The van der Waals surface area contributed by atoms with Gasteiger partial charge in [-0.15, -0.1) is 0 Å². The molecular weight excluding hydrogens is 183 g/mol. The molecule has 78 valence electrons. The predicted molar refractivity (Wildman–Crippen MR) is 53.6 cm³/mol. The third kappa shape index (κ3) is 2.43. The molecule has 4 heteroatoms. The SMILES string of the molecule is COc1ccc(F)c([C@H](N)CCN)c1. The molecule has 0 aliphatic rings. The van der Waals surface area contributed by atoms with Gasteiger partial charge in [0.25, 0.3) is 0 Å². The fourth-order valence-electron chi connectivity index (χ4n) is 1.27. The van der Waals surface area contributed by atoms with Crippen molar-refractivity contribution < 1.29 is 9.13 Å². The number of methoxy groups -OCH3 is 1. The Balaban J connectivity index is 2.93. The fraction of sp³-hybridized carbons (Fsp3) is 0.400. The van der Waals surface area contributed by atoms with Gasteiger partial charge in [0.1, 0.15) is 11.6 Å². The monoisotopic (exact) mass is 198 g/mol. The van der Waals surface area contributed by atoms with E-state index in [2.05, 4.69) is 0 Å². The van der Waals surface area contributed by atoms with E-state index in [1.165, 1.54) is 13.2 Å². The Kier molecular flexibility index (Phi) is 3.85. The van der Waals surface area contributed by atoms with Gasteiger partial charge in [0.05, 0.1) is 7.11 Å². The van der Waals surface area contributed by atoms with Crippen LogP contribution in [0, 0.1) is 5.82 Å². The van der Waals surface area contributed by atoms with Crippen LogP contribution in [-0.4, -0.2) is 13.7 Å². The molecule has 0 aromatic heterocycles. The van der Waals surface area contributed by atoms with Crippen molar-refractivity contribution in [3.05, 3.63) is 29.6 Å². The summed E-state index contributed by atoms with van der Waals surface area (Å²) in [6, 6.07) is 4.16. The molecule has 1 rings (SSSR count). The van der Waals surface area contributed by atoms with Gasteiger partial charge < -0.3 is 16.2 Å². The Labute approximate surface area is 82.9 Å². The third-order valence-corrected chi connectivity index (χ3v) is 2.08. The smallest absolute Gasteiger partial charge is 0.128 e. The topological polar surface area (TPSA) is 61.3 Å². The molecule has 0 aliphatic carbocycles. The molecule has 1 atom stereocenters. The largest absolute Gasteiger partial charge is 0.497 e. The average Bonchev–Trinajstić information content (AvgIpc) is 2.19. The summed E-state index contributed by atoms with van der Waals surface area (Å²) in [6.45, 7) is 0.442. The number of benzene rings is 1. The summed E-state index contributed by atoms with van der Waals surface area (Å²) >= 11 is 0. The second-order valence-electron chi connectivity index (χ2n) is 3.07. The number of nitrogens with two attached hydrogens (primary N) is 2. The zero-order chi connectivity index (χ0) is 10.6. The molecule has 0 aliphatic heterocycles. The fourth-order valence-corrected chi connectivity index (χ4v) is 1.27. The normalized spacial score (nSPS) is 12.6. The lowest BCUT2D eigenvalue weighted by Gasteiger charge is -2.12. The molecule has 0 saturated carbocycles. The maximum atomic E-state index is 13.3. The average molecular weight is 198 g/mol. The molecular formula is C10H15FN2O. The first-order chi connectivity index (χ1) is 6.69. The first-order valence-corrected chi connectivity index (χ1v) is 4.48. The van der Waals surface area contributed by atoms with Crippen molar-refractivity contribution in [1.29, 1.82) is 0 Å². The standard InChI is InChI=1S/C10H15FN2O/c1-14-7-2-3-9(11)8(6-7)10(13)4-5-12/h2-3,6,10H,4-5,12-13H2,1H3/t10-/m1/s1. The summed E-state index contributed by atoms with van der Waals surface area (Å²) in [5, 5.41) is 0. The second-order valence-corrected chi connectivity index (χ2v) is 3.07. The third-order valence-electron chi connectivity index (χ3n) is 2.08. The molecule has 0 amide bonds. The van der Waals surface area contributed by atoms with E-state index in [9.17, 15) is 4.39 Å². The zero-order valence-electron chi connectivity index (χ0n) is 8.16. The molecule has 14 heavy (non-hydrogen) atoms. The van der Waals surface area contributed by atoms with Crippen LogP contribution in [0.5, 0.6) is 5.75 Å². The number of hydrogen-bond donors (Lipinski definition) is 2. The van der Waals surface area contributed by atoms with Gasteiger partial charge in [-0.2, -0.15) is 0 Å². The minimum absolute atomic E-state index is 0.313. The summed E-state index contributed by atoms with van der Waals surface area (Å²) < 4.78 is 18.3. The first-order valence-electron chi connectivity index (χ1n) is 4.48. The molecule has 0 saturated heterocycles. The molecule has 4 N–H and O–H groups in total. The highest BCUT2D eigenvalue weighted by atomic mass is 19.1. The van der Waals surface area contributed by atoms with Gasteiger partial charge in [-0.25, -0.2) is 4.39 Å². The van der Waals surface area contributed by atoms with E-state index in [0.717, 1.165) is 0 Å². The number of ether oxygens (including phenoxy) is 1. The Morgan fingerprint density at radius 2 is 2.21 bits per heavy atom. The highest BCUT2D eigenvalue weighted by molar-refractivity contribution is 5.31. The van der Waals surface area contributed by atoms with Crippen LogP contribution in [0.2, 0.25) is 0 Å². The number of hydrogen-bond acceptors (Lipinski definition) is 3. The molecule has 1 aromatic rings. The molecule has 0 spiro atoms. The van der Waals surface area contributed by atoms with Crippen molar-refractivity contribution in [1.82, 2.24) is 0 Å². The summed E-state index contributed by atoms with van der Waals surface area (Å²) in [6.07, 6.45) is 0.560. The van der Waals surface area contributed by atoms with E-state index in [1.807, 2.05) is 0 Å². The van der Waals surface area contributed by atoms with Crippen LogP contribution in [0.1, 0.15) is 18.0 Å². The second kappa shape index (κ2) is 4.93. The minimum atomic E-state index is -0.366. The van der Waals surface area contributed by atoms with Gasteiger partial charge in [0, 0.05) is 11.6 Å². The Hall–Kier alpha value is -1.13. The maximum absolute atomic E-state index is 13.3. The first kappa shape index (κ1) is 10.9. The minimum Gasteiger partial charge on any atom is -0.497 e. The van der Waals surface area contributed by atoms with Crippen LogP contribution < -0.4 is 16.2 Å². The summed E-state index contributed by atoms with van der Waals surface area (Å²) in [7, 11) is 1.53. The summed E-state index contributed by atoms with van der Waals surface area (Å²) in [5.74, 6) is 0.292. The van der Waals surface area contributed by atoms with Crippen molar-refractivity contribution in [2.75, 3.05) is 13.7 Å². The van der Waals surface area contributed by atoms with Crippen molar-refractivity contribution in [3.63, 3.8) is 0 Å². The maximum Gasteiger partial charge on any atom is 0.128 e. The molecule has 0 unspecified atom stereocenters. The highest BCUT2D eigenvalue weighted by Gasteiger charge is 2.11. The molecule has 0 fully saturated rings. The lowest BCUT2D eigenvalue weighted by molar-refractivity contribution is 0.411. The van der Waals surface area contributed by atoms with E-state index in [1.54, 1.807) is 12.1 Å². The molecule has 0 bridgehead atoms. The van der Waals surface area contributed by atoms with Crippen LogP contribution in [0.15, 0.2) is 18.2 Å². The van der Waals surface area contributed by atoms with Gasteiger partial charge >= 0.3 is 0 Å². The summed E-state index contributed by atoms with van der Waals surface area (Å²) in [4.78, 5) is 0. The van der Waals surface area contributed by atoms with Gasteiger partial charge in [-0.05, 0) is 31.2 Å². The quantitative estimate of drug-likeness (QED) is 0.763. The lowest BCUT2D eigenvalue weighted by atomic mass is 10.0. The number of rotatable bonds is 4. The van der Waals surface area contributed by atoms with Crippen LogP contribution in [0.3, 0.4) is 0 Å². The van der Waals surface area contributed by atoms with Crippen LogP contribution in [-0.2, 0) is 0 Å². The predicted octanol–water partition coefficient (Wildman–Crippen LogP) is 1.18. The van der Waals surface area contributed by atoms with E-state index >= 15 is 0 Å². The van der Waals surface area contributed by atoms with Gasteiger partial charge in [0.2, 0.25) is 0 Å². The van der Waals surface area contributed by atoms with Crippen molar-refractivity contribution in [2.45, 2.75) is 12.5 Å². The highest BCUT2D eigenvalue weighted by Crippen LogP contribution is 2.22. The summed E-state index contributed by atoms with van der Waals surface area (Å²) in [5.41, 5.74) is 11.6. The molecule has 0 radical (unpaired) electrons. The van der Waals surface area contributed by atoms with Gasteiger partial charge in [-0.3, -0.25) is 0 Å².